The minimum Gasteiger partial charge on any atom is -0.379 e. The Morgan fingerprint density at radius 3 is 2.05 bits per heavy atom. The highest BCUT2D eigenvalue weighted by atomic mass is 35.5. The van der Waals surface area contributed by atoms with Crippen molar-refractivity contribution >= 4 is 21.7 Å². The minimum absolute atomic E-state index is 0.0241. The Labute approximate surface area is 124 Å². The van der Waals surface area contributed by atoms with Crippen molar-refractivity contribution < 1.29 is 12.6 Å². The van der Waals surface area contributed by atoms with Gasteiger partial charge in [0.2, 0.25) is 0 Å². The molecule has 5 heteroatoms. The molecule has 20 heavy (non-hydrogen) atoms. The summed E-state index contributed by atoms with van der Waals surface area (Å²) in [7, 11) is -3.93. The fourth-order valence-corrected chi connectivity index (χ4v) is 3.45. The molecule has 0 aliphatic rings. The predicted molar refractivity (Wildman–Crippen MR) is 79.9 cm³/mol. The molecule has 2 rings (SSSR count). The Balaban J connectivity index is 2.40. The Morgan fingerprint density at radius 1 is 0.900 bits per heavy atom. The van der Waals surface area contributed by atoms with Crippen molar-refractivity contribution in [2.75, 3.05) is 0 Å². The van der Waals surface area contributed by atoms with Crippen molar-refractivity contribution in [3.05, 3.63) is 58.1 Å². The van der Waals surface area contributed by atoms with Crippen LogP contribution in [0.3, 0.4) is 0 Å². The summed E-state index contributed by atoms with van der Waals surface area (Å²) in [5, 5.41) is 0.161. The fraction of sp³-hybridized carbons (Fsp3) is 0.200. The molecular weight excluding hydrogens is 296 g/mol. The van der Waals surface area contributed by atoms with Crippen LogP contribution in [0.25, 0.3) is 0 Å². The average Bonchev–Trinajstić information content (AvgIpc) is 2.25. The van der Waals surface area contributed by atoms with Crippen molar-refractivity contribution in [3.63, 3.8) is 0 Å². The first-order chi connectivity index (χ1) is 9.28. The van der Waals surface area contributed by atoms with E-state index in [4.69, 9.17) is 15.8 Å². The van der Waals surface area contributed by atoms with Gasteiger partial charge in [-0.05, 0) is 61.7 Å². The molecule has 0 atom stereocenters. The standard InChI is InChI=1S/C15H15ClO3S/c1-10-4-5-15(14(16)9-10)20(17,18)19-13-7-11(2)6-12(3)8-13/h4-9H,1-3H3. The lowest BCUT2D eigenvalue weighted by atomic mass is 10.1. The van der Waals surface area contributed by atoms with Gasteiger partial charge < -0.3 is 4.18 Å². The van der Waals surface area contributed by atoms with E-state index in [1.807, 2.05) is 26.8 Å². The van der Waals surface area contributed by atoms with Gasteiger partial charge in [0.25, 0.3) is 0 Å². The highest BCUT2D eigenvalue weighted by molar-refractivity contribution is 7.87. The van der Waals surface area contributed by atoms with Gasteiger partial charge in [-0.1, -0.05) is 23.7 Å². The van der Waals surface area contributed by atoms with Gasteiger partial charge in [-0.15, -0.1) is 0 Å². The molecule has 0 bridgehead atoms. The smallest absolute Gasteiger partial charge is 0.340 e. The number of hydrogen-bond acceptors (Lipinski definition) is 3. The number of hydrogen-bond donors (Lipinski definition) is 0. The summed E-state index contributed by atoms with van der Waals surface area (Å²) in [5.41, 5.74) is 2.76. The number of rotatable bonds is 3. The molecular formula is C15H15ClO3S. The zero-order valence-corrected chi connectivity index (χ0v) is 13.0. The van der Waals surface area contributed by atoms with E-state index < -0.39 is 10.1 Å². The summed E-state index contributed by atoms with van der Waals surface area (Å²) in [4.78, 5) is -0.0241. The summed E-state index contributed by atoms with van der Waals surface area (Å²) >= 11 is 5.98. The summed E-state index contributed by atoms with van der Waals surface area (Å²) in [6, 6.07) is 10.0. The van der Waals surface area contributed by atoms with Crippen LogP contribution in [-0.4, -0.2) is 8.42 Å². The quantitative estimate of drug-likeness (QED) is 0.804. The van der Waals surface area contributed by atoms with Crippen molar-refractivity contribution in [3.8, 4) is 5.75 Å². The van der Waals surface area contributed by atoms with Crippen LogP contribution in [-0.2, 0) is 10.1 Å². The van der Waals surface area contributed by atoms with Crippen LogP contribution >= 0.6 is 11.6 Å². The molecule has 0 aromatic heterocycles. The molecule has 0 saturated carbocycles. The molecule has 0 spiro atoms. The molecule has 0 aliphatic heterocycles. The van der Waals surface area contributed by atoms with E-state index >= 15 is 0 Å². The van der Waals surface area contributed by atoms with Crippen LogP contribution in [0.15, 0.2) is 41.3 Å². The SMILES string of the molecule is Cc1cc(C)cc(OS(=O)(=O)c2ccc(C)cc2Cl)c1. The van der Waals surface area contributed by atoms with Gasteiger partial charge in [-0.25, -0.2) is 0 Å². The normalized spacial score (nSPS) is 11.4. The lowest BCUT2D eigenvalue weighted by Gasteiger charge is -2.10. The maximum Gasteiger partial charge on any atom is 0.340 e. The van der Waals surface area contributed by atoms with E-state index in [-0.39, 0.29) is 9.92 Å². The molecule has 0 heterocycles. The Kier molecular flexibility index (Phi) is 4.06. The van der Waals surface area contributed by atoms with Crippen molar-refractivity contribution in [2.24, 2.45) is 0 Å². The third-order valence-corrected chi connectivity index (χ3v) is 4.49. The Morgan fingerprint density at radius 2 is 1.50 bits per heavy atom. The third-order valence-electron chi connectivity index (χ3n) is 2.76. The highest BCUT2D eigenvalue weighted by Gasteiger charge is 2.20. The predicted octanol–water partition coefficient (Wildman–Crippen LogP) is 4.03. The lowest BCUT2D eigenvalue weighted by Crippen LogP contribution is -2.10. The Bertz CT molecular complexity index is 731. The largest absolute Gasteiger partial charge is 0.379 e. The fourth-order valence-electron chi connectivity index (χ4n) is 1.96. The second-order valence-corrected chi connectivity index (χ2v) is 6.72. The van der Waals surface area contributed by atoms with E-state index in [1.54, 1.807) is 24.3 Å². The minimum atomic E-state index is -3.93. The molecule has 2 aromatic carbocycles. The maximum atomic E-state index is 12.2. The van der Waals surface area contributed by atoms with Gasteiger partial charge in [-0.3, -0.25) is 0 Å². The second kappa shape index (κ2) is 5.46. The zero-order valence-electron chi connectivity index (χ0n) is 11.5. The van der Waals surface area contributed by atoms with Crippen LogP contribution in [0.2, 0.25) is 5.02 Å². The van der Waals surface area contributed by atoms with Crippen LogP contribution in [0.4, 0.5) is 0 Å². The van der Waals surface area contributed by atoms with Crippen LogP contribution in [0.1, 0.15) is 16.7 Å². The van der Waals surface area contributed by atoms with Gasteiger partial charge in [-0.2, -0.15) is 8.42 Å². The number of benzene rings is 2. The maximum absolute atomic E-state index is 12.2. The average molecular weight is 311 g/mol. The van der Waals surface area contributed by atoms with E-state index in [0.29, 0.717) is 5.75 Å². The van der Waals surface area contributed by atoms with E-state index in [9.17, 15) is 8.42 Å². The van der Waals surface area contributed by atoms with Crippen molar-refractivity contribution in [1.82, 2.24) is 0 Å². The molecule has 0 fully saturated rings. The summed E-state index contributed by atoms with van der Waals surface area (Å²) in [6.45, 7) is 5.60. The number of aryl methyl sites for hydroxylation is 3. The molecule has 106 valence electrons. The molecule has 0 unspecified atom stereocenters. The van der Waals surface area contributed by atoms with E-state index in [1.165, 1.54) is 6.07 Å². The molecule has 3 nitrogen and oxygen atoms in total. The topological polar surface area (TPSA) is 43.4 Å². The molecule has 2 aromatic rings. The van der Waals surface area contributed by atoms with Gasteiger partial charge in [0, 0.05) is 0 Å². The van der Waals surface area contributed by atoms with Gasteiger partial charge in [0.15, 0.2) is 0 Å². The van der Waals surface area contributed by atoms with E-state index in [0.717, 1.165) is 16.7 Å². The molecule has 0 saturated heterocycles. The summed E-state index contributed by atoms with van der Waals surface area (Å²) < 4.78 is 29.7. The van der Waals surface area contributed by atoms with Crippen molar-refractivity contribution in [1.29, 1.82) is 0 Å². The first-order valence-corrected chi connectivity index (χ1v) is 7.85. The number of halogens is 1. The van der Waals surface area contributed by atoms with Crippen LogP contribution in [0, 0.1) is 20.8 Å². The van der Waals surface area contributed by atoms with Crippen molar-refractivity contribution in [2.45, 2.75) is 25.7 Å². The van der Waals surface area contributed by atoms with Crippen LogP contribution in [0.5, 0.6) is 5.75 Å². The van der Waals surface area contributed by atoms with E-state index in [2.05, 4.69) is 0 Å². The van der Waals surface area contributed by atoms with Gasteiger partial charge in [0.1, 0.15) is 10.6 Å². The Hall–Kier alpha value is -1.52. The monoisotopic (exact) mass is 310 g/mol. The van der Waals surface area contributed by atoms with Gasteiger partial charge in [0.05, 0.1) is 5.02 Å². The first-order valence-electron chi connectivity index (χ1n) is 6.07. The van der Waals surface area contributed by atoms with Gasteiger partial charge >= 0.3 is 10.1 Å². The second-order valence-electron chi connectivity index (χ2n) is 4.79. The third kappa shape index (κ3) is 3.32. The first kappa shape index (κ1) is 14.9. The zero-order chi connectivity index (χ0) is 14.9. The summed E-state index contributed by atoms with van der Waals surface area (Å²) in [5.74, 6) is 0.291. The van der Waals surface area contributed by atoms with Crippen LogP contribution < -0.4 is 4.18 Å². The molecule has 0 amide bonds. The summed E-state index contributed by atoms with van der Waals surface area (Å²) in [6.07, 6.45) is 0. The highest BCUT2D eigenvalue weighted by Crippen LogP contribution is 2.26. The molecule has 0 N–H and O–H groups in total. The molecule has 0 radical (unpaired) electrons. The molecule has 0 aliphatic carbocycles. The lowest BCUT2D eigenvalue weighted by molar-refractivity contribution is 0.486.